The van der Waals surface area contributed by atoms with E-state index >= 15 is 0 Å². The zero-order valence-corrected chi connectivity index (χ0v) is 11.9. The summed E-state index contributed by atoms with van der Waals surface area (Å²) in [5.41, 5.74) is 0. The Bertz CT molecular complexity index is 321. The van der Waals surface area contributed by atoms with Crippen molar-refractivity contribution in [3.8, 4) is 0 Å². The minimum atomic E-state index is 0.492. The molecule has 1 aromatic rings. The standard InChI is InChI=1S/C12H18BrNOS/c1-15-10-4-2-9(3-5-10)14-8-12-11(13)6-7-16-12/h6-7,9-10,14H,2-5,8H2,1H3. The van der Waals surface area contributed by atoms with Crippen LogP contribution < -0.4 is 5.32 Å². The third-order valence-corrected chi connectivity index (χ3v) is 5.18. The number of methoxy groups -OCH3 is 1. The minimum absolute atomic E-state index is 0.492. The molecule has 1 aromatic heterocycles. The lowest BCUT2D eigenvalue weighted by molar-refractivity contribution is 0.0624. The van der Waals surface area contributed by atoms with Gasteiger partial charge in [-0.05, 0) is 53.1 Å². The molecule has 2 rings (SSSR count). The summed E-state index contributed by atoms with van der Waals surface area (Å²) in [6.45, 7) is 0.987. The van der Waals surface area contributed by atoms with Gasteiger partial charge in [0.15, 0.2) is 0 Å². The van der Waals surface area contributed by atoms with Gasteiger partial charge in [0.25, 0.3) is 0 Å². The number of thiophene rings is 1. The van der Waals surface area contributed by atoms with Crippen molar-refractivity contribution in [2.24, 2.45) is 0 Å². The number of rotatable bonds is 4. The lowest BCUT2D eigenvalue weighted by atomic mass is 9.93. The molecule has 1 aliphatic carbocycles. The maximum Gasteiger partial charge on any atom is 0.0572 e. The van der Waals surface area contributed by atoms with Crippen LogP contribution in [-0.2, 0) is 11.3 Å². The molecule has 4 heteroatoms. The highest BCUT2D eigenvalue weighted by molar-refractivity contribution is 9.10. The van der Waals surface area contributed by atoms with Gasteiger partial charge in [0.2, 0.25) is 0 Å². The van der Waals surface area contributed by atoms with Crippen LogP contribution in [0.2, 0.25) is 0 Å². The summed E-state index contributed by atoms with van der Waals surface area (Å²) in [7, 11) is 1.82. The molecule has 16 heavy (non-hydrogen) atoms. The van der Waals surface area contributed by atoms with E-state index in [0.29, 0.717) is 12.1 Å². The van der Waals surface area contributed by atoms with Crippen molar-refractivity contribution in [1.29, 1.82) is 0 Å². The van der Waals surface area contributed by atoms with Crippen molar-refractivity contribution < 1.29 is 4.74 Å². The smallest absolute Gasteiger partial charge is 0.0572 e. The second-order valence-electron chi connectivity index (χ2n) is 4.28. The Balaban J connectivity index is 1.73. The van der Waals surface area contributed by atoms with E-state index < -0.39 is 0 Å². The largest absolute Gasteiger partial charge is 0.381 e. The molecule has 1 fully saturated rings. The first kappa shape index (κ1) is 12.6. The van der Waals surface area contributed by atoms with Gasteiger partial charge in [-0.3, -0.25) is 0 Å². The Morgan fingerprint density at radius 1 is 1.44 bits per heavy atom. The van der Waals surface area contributed by atoms with Crippen LogP contribution in [0.5, 0.6) is 0 Å². The Hall–Kier alpha value is 0.100. The second kappa shape index (κ2) is 6.15. The van der Waals surface area contributed by atoms with E-state index in [-0.39, 0.29) is 0 Å². The van der Waals surface area contributed by atoms with Crippen molar-refractivity contribution in [2.45, 2.75) is 44.4 Å². The first-order chi connectivity index (χ1) is 7.79. The minimum Gasteiger partial charge on any atom is -0.381 e. The summed E-state index contributed by atoms with van der Waals surface area (Å²) in [6.07, 6.45) is 5.36. The monoisotopic (exact) mass is 303 g/mol. The zero-order chi connectivity index (χ0) is 11.4. The summed E-state index contributed by atoms with van der Waals surface area (Å²) >= 11 is 5.37. The molecule has 0 atom stereocenters. The van der Waals surface area contributed by atoms with Gasteiger partial charge in [-0.1, -0.05) is 0 Å². The van der Waals surface area contributed by atoms with Gasteiger partial charge in [-0.25, -0.2) is 0 Å². The van der Waals surface area contributed by atoms with E-state index in [1.165, 1.54) is 35.0 Å². The van der Waals surface area contributed by atoms with Crippen molar-refractivity contribution in [1.82, 2.24) is 5.32 Å². The van der Waals surface area contributed by atoms with Gasteiger partial charge in [0.05, 0.1) is 6.10 Å². The molecule has 0 spiro atoms. The van der Waals surface area contributed by atoms with Gasteiger partial charge in [-0.2, -0.15) is 0 Å². The third kappa shape index (κ3) is 3.29. The molecule has 1 saturated carbocycles. The van der Waals surface area contributed by atoms with Crippen LogP contribution in [0.1, 0.15) is 30.6 Å². The van der Waals surface area contributed by atoms with Crippen LogP contribution in [0, 0.1) is 0 Å². The molecule has 1 heterocycles. The molecular formula is C12H18BrNOS. The quantitative estimate of drug-likeness (QED) is 0.918. The van der Waals surface area contributed by atoms with Crippen LogP contribution >= 0.6 is 27.3 Å². The predicted molar refractivity (Wildman–Crippen MR) is 71.9 cm³/mol. The Morgan fingerprint density at radius 2 is 2.19 bits per heavy atom. The van der Waals surface area contributed by atoms with Gasteiger partial charge in [0, 0.05) is 29.0 Å². The molecule has 0 saturated heterocycles. The molecule has 0 radical (unpaired) electrons. The number of nitrogens with one attached hydrogen (secondary N) is 1. The average molecular weight is 304 g/mol. The molecule has 0 unspecified atom stereocenters. The molecular weight excluding hydrogens is 286 g/mol. The normalized spacial score (nSPS) is 25.9. The van der Waals surface area contributed by atoms with Gasteiger partial charge >= 0.3 is 0 Å². The van der Waals surface area contributed by atoms with E-state index in [0.717, 1.165) is 6.54 Å². The van der Waals surface area contributed by atoms with Crippen molar-refractivity contribution in [2.75, 3.05) is 7.11 Å². The van der Waals surface area contributed by atoms with Crippen molar-refractivity contribution >= 4 is 27.3 Å². The van der Waals surface area contributed by atoms with Crippen molar-refractivity contribution in [3.63, 3.8) is 0 Å². The summed E-state index contributed by atoms with van der Waals surface area (Å²) in [5.74, 6) is 0. The first-order valence-corrected chi connectivity index (χ1v) is 7.45. The van der Waals surface area contributed by atoms with Crippen LogP contribution in [0.4, 0.5) is 0 Å². The molecule has 0 bridgehead atoms. The second-order valence-corrected chi connectivity index (χ2v) is 6.14. The summed E-state index contributed by atoms with van der Waals surface area (Å²) in [6, 6.07) is 2.78. The summed E-state index contributed by atoms with van der Waals surface area (Å²) < 4.78 is 6.61. The van der Waals surface area contributed by atoms with Crippen LogP contribution in [-0.4, -0.2) is 19.3 Å². The first-order valence-electron chi connectivity index (χ1n) is 5.77. The number of ether oxygens (including phenoxy) is 1. The van der Waals surface area contributed by atoms with E-state index in [4.69, 9.17) is 4.74 Å². The summed E-state index contributed by atoms with van der Waals surface area (Å²) in [4.78, 5) is 1.40. The predicted octanol–water partition coefficient (Wildman–Crippen LogP) is 3.56. The molecule has 1 aliphatic rings. The zero-order valence-electron chi connectivity index (χ0n) is 9.54. The highest BCUT2D eigenvalue weighted by Crippen LogP contribution is 2.24. The van der Waals surface area contributed by atoms with Crippen LogP contribution in [0.15, 0.2) is 15.9 Å². The van der Waals surface area contributed by atoms with E-state index in [1.54, 1.807) is 0 Å². The van der Waals surface area contributed by atoms with Crippen LogP contribution in [0.3, 0.4) is 0 Å². The van der Waals surface area contributed by atoms with Gasteiger partial charge in [-0.15, -0.1) is 11.3 Å². The Morgan fingerprint density at radius 3 is 2.75 bits per heavy atom. The lowest BCUT2D eigenvalue weighted by Gasteiger charge is -2.28. The fourth-order valence-corrected chi connectivity index (χ4v) is 3.63. The lowest BCUT2D eigenvalue weighted by Crippen LogP contribution is -2.34. The van der Waals surface area contributed by atoms with Crippen molar-refractivity contribution in [3.05, 3.63) is 20.8 Å². The fourth-order valence-electron chi connectivity index (χ4n) is 2.19. The van der Waals surface area contributed by atoms with E-state index in [1.807, 2.05) is 18.4 Å². The molecule has 2 nitrogen and oxygen atoms in total. The van der Waals surface area contributed by atoms with Crippen LogP contribution in [0.25, 0.3) is 0 Å². The number of hydrogen-bond acceptors (Lipinski definition) is 3. The summed E-state index contributed by atoms with van der Waals surface area (Å²) in [5, 5.41) is 5.76. The SMILES string of the molecule is COC1CCC(NCc2sccc2Br)CC1. The molecule has 0 amide bonds. The molecule has 0 aliphatic heterocycles. The fraction of sp³-hybridized carbons (Fsp3) is 0.667. The number of hydrogen-bond donors (Lipinski definition) is 1. The van der Waals surface area contributed by atoms with Gasteiger partial charge < -0.3 is 10.1 Å². The molecule has 0 aromatic carbocycles. The maximum atomic E-state index is 5.38. The highest BCUT2D eigenvalue weighted by atomic mass is 79.9. The topological polar surface area (TPSA) is 21.3 Å². The Labute approximate surface area is 110 Å². The maximum absolute atomic E-state index is 5.38. The van der Waals surface area contributed by atoms with E-state index in [9.17, 15) is 0 Å². The average Bonchev–Trinajstić information content (AvgIpc) is 2.73. The number of halogens is 1. The molecule has 90 valence electrons. The third-order valence-electron chi connectivity index (χ3n) is 3.25. The van der Waals surface area contributed by atoms with E-state index in [2.05, 4.69) is 32.7 Å². The molecule has 1 N–H and O–H groups in total. The highest BCUT2D eigenvalue weighted by Gasteiger charge is 2.20. The Kier molecular flexibility index (Phi) is 4.82. The van der Waals surface area contributed by atoms with Gasteiger partial charge in [0.1, 0.15) is 0 Å².